The summed E-state index contributed by atoms with van der Waals surface area (Å²) in [5.74, 6) is 0. The number of ether oxygens (including phenoxy) is 1. The fraction of sp³-hybridized carbons (Fsp3) is 0.333. The Morgan fingerprint density at radius 3 is 2.23 bits per heavy atom. The molecule has 1 heterocycles. The first-order valence-electron chi connectivity index (χ1n) is 8.00. The molecule has 0 fully saturated rings. The van der Waals surface area contributed by atoms with Crippen LogP contribution in [0.3, 0.4) is 0 Å². The van der Waals surface area contributed by atoms with Gasteiger partial charge in [0.05, 0.1) is 12.7 Å². The minimum Gasteiger partial charge on any atom is -0.369 e. The van der Waals surface area contributed by atoms with Crippen molar-refractivity contribution >= 4 is 5.57 Å². The van der Waals surface area contributed by atoms with Crippen LogP contribution in [0.1, 0.15) is 50.0 Å². The van der Waals surface area contributed by atoms with E-state index in [1.807, 2.05) is 0 Å². The van der Waals surface area contributed by atoms with Crippen LogP contribution in [0.5, 0.6) is 0 Å². The van der Waals surface area contributed by atoms with Crippen molar-refractivity contribution in [1.29, 1.82) is 0 Å². The van der Waals surface area contributed by atoms with Crippen molar-refractivity contribution in [3.63, 3.8) is 0 Å². The van der Waals surface area contributed by atoms with Crippen molar-refractivity contribution in [3.8, 4) is 0 Å². The van der Waals surface area contributed by atoms with Crippen molar-refractivity contribution in [2.24, 2.45) is 0 Å². The van der Waals surface area contributed by atoms with Gasteiger partial charge in [-0.2, -0.15) is 0 Å². The van der Waals surface area contributed by atoms with Crippen molar-refractivity contribution in [2.45, 2.75) is 38.7 Å². The first-order chi connectivity index (χ1) is 10.5. The monoisotopic (exact) mass is 292 g/mol. The molecule has 22 heavy (non-hydrogen) atoms. The molecule has 0 amide bonds. The van der Waals surface area contributed by atoms with Crippen LogP contribution >= 0.6 is 0 Å². The largest absolute Gasteiger partial charge is 0.369 e. The molecule has 1 heteroatoms. The lowest BCUT2D eigenvalue weighted by atomic mass is 9.85. The van der Waals surface area contributed by atoms with Crippen molar-refractivity contribution in [2.75, 3.05) is 6.61 Å². The summed E-state index contributed by atoms with van der Waals surface area (Å²) < 4.78 is 5.96. The zero-order valence-electron chi connectivity index (χ0n) is 13.7. The van der Waals surface area contributed by atoms with Crippen LogP contribution in [0.2, 0.25) is 0 Å². The Morgan fingerprint density at radius 2 is 1.59 bits per heavy atom. The van der Waals surface area contributed by atoms with Gasteiger partial charge in [-0.25, -0.2) is 0 Å². The molecule has 1 aliphatic rings. The molecule has 0 radical (unpaired) electrons. The zero-order chi connectivity index (χ0) is 15.6. The van der Waals surface area contributed by atoms with E-state index < -0.39 is 0 Å². The average Bonchev–Trinajstić information content (AvgIpc) is 2.55. The molecule has 0 aromatic heterocycles. The first-order valence-corrected chi connectivity index (χ1v) is 8.00. The molecule has 2 aromatic rings. The molecular weight excluding hydrogens is 268 g/mol. The van der Waals surface area contributed by atoms with Gasteiger partial charge in [-0.1, -0.05) is 81.4 Å². The lowest BCUT2D eigenvalue weighted by Gasteiger charge is -2.25. The molecule has 0 N–H and O–H groups in total. The molecule has 0 unspecified atom stereocenters. The average molecular weight is 292 g/mol. The van der Waals surface area contributed by atoms with E-state index in [9.17, 15) is 0 Å². The summed E-state index contributed by atoms with van der Waals surface area (Å²) in [5.41, 5.74) is 5.53. The molecule has 114 valence electrons. The van der Waals surface area contributed by atoms with Crippen LogP contribution < -0.4 is 0 Å². The predicted molar refractivity (Wildman–Crippen MR) is 92.9 cm³/mol. The molecule has 0 saturated carbocycles. The SMILES string of the molecule is CC(C)(C)c1ccc([C@H]2CC(c3ccccc3)=CCO2)cc1. The molecule has 0 spiro atoms. The zero-order valence-corrected chi connectivity index (χ0v) is 13.7. The number of rotatable bonds is 2. The summed E-state index contributed by atoms with van der Waals surface area (Å²) in [6, 6.07) is 19.5. The predicted octanol–water partition coefficient (Wildman–Crippen LogP) is 5.53. The van der Waals surface area contributed by atoms with Gasteiger partial charge in [-0.05, 0) is 27.7 Å². The van der Waals surface area contributed by atoms with Gasteiger partial charge in [-0.3, -0.25) is 0 Å². The van der Waals surface area contributed by atoms with Gasteiger partial charge in [0.15, 0.2) is 0 Å². The normalized spacial score (nSPS) is 18.9. The van der Waals surface area contributed by atoms with Gasteiger partial charge in [0.2, 0.25) is 0 Å². The van der Waals surface area contributed by atoms with E-state index in [1.165, 1.54) is 22.3 Å². The maximum absolute atomic E-state index is 5.96. The van der Waals surface area contributed by atoms with Gasteiger partial charge in [-0.15, -0.1) is 0 Å². The van der Waals surface area contributed by atoms with E-state index >= 15 is 0 Å². The molecule has 0 aliphatic carbocycles. The Bertz CT molecular complexity index is 645. The maximum atomic E-state index is 5.96. The van der Waals surface area contributed by atoms with Gasteiger partial charge < -0.3 is 4.74 Å². The minimum atomic E-state index is 0.161. The van der Waals surface area contributed by atoms with Crippen LogP contribution in [0, 0.1) is 0 Å². The van der Waals surface area contributed by atoms with Crippen LogP contribution in [-0.4, -0.2) is 6.61 Å². The second-order valence-corrected chi connectivity index (χ2v) is 6.99. The highest BCUT2D eigenvalue weighted by Crippen LogP contribution is 2.34. The summed E-state index contributed by atoms with van der Waals surface area (Å²) in [4.78, 5) is 0. The molecule has 1 aliphatic heterocycles. The van der Waals surface area contributed by atoms with E-state index in [0.29, 0.717) is 6.61 Å². The number of hydrogen-bond donors (Lipinski definition) is 0. The Hall–Kier alpha value is -1.86. The Balaban J connectivity index is 1.78. The third-order valence-electron chi connectivity index (χ3n) is 4.33. The quantitative estimate of drug-likeness (QED) is 0.707. The molecule has 3 rings (SSSR count). The van der Waals surface area contributed by atoms with Gasteiger partial charge in [0.1, 0.15) is 0 Å². The highest BCUT2D eigenvalue weighted by Gasteiger charge is 2.20. The van der Waals surface area contributed by atoms with E-state index in [0.717, 1.165) is 6.42 Å². The summed E-state index contributed by atoms with van der Waals surface area (Å²) in [5, 5.41) is 0. The van der Waals surface area contributed by atoms with Gasteiger partial charge >= 0.3 is 0 Å². The highest BCUT2D eigenvalue weighted by molar-refractivity contribution is 5.66. The first kappa shape index (κ1) is 15.1. The van der Waals surface area contributed by atoms with Crippen LogP contribution in [0.4, 0.5) is 0 Å². The van der Waals surface area contributed by atoms with Gasteiger partial charge in [0, 0.05) is 6.42 Å². The fourth-order valence-corrected chi connectivity index (χ4v) is 2.91. The Morgan fingerprint density at radius 1 is 0.909 bits per heavy atom. The molecule has 2 aromatic carbocycles. The van der Waals surface area contributed by atoms with Crippen LogP contribution in [0.15, 0.2) is 60.7 Å². The van der Waals surface area contributed by atoms with E-state index in [2.05, 4.69) is 81.4 Å². The maximum Gasteiger partial charge on any atom is 0.0869 e. The minimum absolute atomic E-state index is 0.161. The molecule has 1 nitrogen and oxygen atoms in total. The van der Waals surface area contributed by atoms with Crippen LogP contribution in [-0.2, 0) is 10.2 Å². The fourth-order valence-electron chi connectivity index (χ4n) is 2.91. The second kappa shape index (κ2) is 6.10. The highest BCUT2D eigenvalue weighted by atomic mass is 16.5. The van der Waals surface area contributed by atoms with E-state index in [1.54, 1.807) is 0 Å². The third kappa shape index (κ3) is 3.31. The smallest absolute Gasteiger partial charge is 0.0869 e. The third-order valence-corrected chi connectivity index (χ3v) is 4.33. The van der Waals surface area contributed by atoms with Crippen molar-refractivity contribution < 1.29 is 4.74 Å². The second-order valence-electron chi connectivity index (χ2n) is 6.99. The van der Waals surface area contributed by atoms with E-state index in [-0.39, 0.29) is 11.5 Å². The van der Waals surface area contributed by atoms with Crippen LogP contribution in [0.25, 0.3) is 5.57 Å². The number of benzene rings is 2. The Kier molecular flexibility index (Phi) is 4.17. The Labute approximate surface area is 133 Å². The summed E-state index contributed by atoms with van der Waals surface area (Å²) in [6.07, 6.45) is 3.31. The standard InChI is InChI=1S/C21H24O/c1-21(2,3)19-11-9-17(10-12-19)20-15-18(13-14-22-20)16-7-5-4-6-8-16/h4-13,20H,14-15H2,1-3H3/t20-/m1/s1. The lowest BCUT2D eigenvalue weighted by molar-refractivity contribution is 0.0708. The lowest BCUT2D eigenvalue weighted by Crippen LogP contribution is -2.13. The molecular formula is C21H24O. The molecule has 0 saturated heterocycles. The summed E-state index contributed by atoms with van der Waals surface area (Å²) in [7, 11) is 0. The molecule has 1 atom stereocenters. The van der Waals surface area contributed by atoms with Crippen molar-refractivity contribution in [1.82, 2.24) is 0 Å². The van der Waals surface area contributed by atoms with Gasteiger partial charge in [0.25, 0.3) is 0 Å². The molecule has 0 bridgehead atoms. The summed E-state index contributed by atoms with van der Waals surface area (Å²) in [6.45, 7) is 7.43. The van der Waals surface area contributed by atoms with Crippen molar-refractivity contribution in [3.05, 3.63) is 77.4 Å². The number of hydrogen-bond acceptors (Lipinski definition) is 1. The topological polar surface area (TPSA) is 9.23 Å². The van der Waals surface area contributed by atoms with E-state index in [4.69, 9.17) is 4.74 Å². The summed E-state index contributed by atoms with van der Waals surface area (Å²) >= 11 is 0.